The van der Waals surface area contributed by atoms with Gasteiger partial charge in [-0.15, -0.1) is 0 Å². The molecule has 10 heterocycles. The van der Waals surface area contributed by atoms with Gasteiger partial charge in [-0.3, -0.25) is 0 Å². The van der Waals surface area contributed by atoms with Gasteiger partial charge in [0.15, 0.2) is 56.9 Å². The quantitative estimate of drug-likeness (QED) is 0.111. The van der Waals surface area contributed by atoms with Gasteiger partial charge in [-0.05, 0) is 245 Å². The SMILES string of the molecule is [2H]C(C)(C)c1cc(C)[n+](C)c(-c2c(C)ccc3c2oc2c(C)cc([N+]#[C-])cc23)c1.[2H]C(C)(C)c1cc(C)[n+](C)c(-c2c(C)ccc3c2oc2cc(C)c([N+]#[C-])cc23)c1.[2H]c1c(C([2H])(C)C)c([2H])c(-c2c(C)ccc3c2oc2c(C)cc([N+]#[C-])cc23)[n+](C)c1C.[2H]c1c(C)c([2H])c(-c2c(C)ccc3c2oc2cc(C)c([N+]#[C-])cc23)[n+](C)c1C.[C-]#[N+]c1cc2c(cc1C)oc1c(-c3cc(C)cc(C)[n+]3C)c(C)ccc12. The van der Waals surface area contributed by atoms with E-state index in [2.05, 4.69) is 173 Å². The Morgan fingerprint density at radius 2 is 0.537 bits per heavy atom. The highest BCUT2D eigenvalue weighted by Crippen LogP contribution is 2.47. The first-order chi connectivity index (χ1) is 67.3. The highest BCUT2D eigenvalue weighted by molar-refractivity contribution is 6.16. The molecule has 15 heteroatoms. The molecule has 20 aromatic rings. The number of benzene rings is 10. The van der Waals surface area contributed by atoms with E-state index in [9.17, 15) is 0 Å². The maximum atomic E-state index is 8.99. The summed E-state index contributed by atoms with van der Waals surface area (Å²) in [5.74, 6) is -2.46. The number of aryl methyl sites for hydroxylation is 14. The number of hydrogen-bond donors (Lipinski definition) is 0. The normalized spacial score (nSPS) is 12.4. The van der Waals surface area contributed by atoms with Crippen LogP contribution < -0.4 is 22.8 Å². The van der Waals surface area contributed by atoms with Crippen LogP contribution in [-0.2, 0) is 35.2 Å². The Morgan fingerprint density at radius 1 is 0.243 bits per heavy atom. The monoisotopic (exact) mass is 1800 g/mol. The minimum atomic E-state index is -1.08. The molecule has 10 aromatic carbocycles. The summed E-state index contributed by atoms with van der Waals surface area (Å²) in [6.07, 6.45) is 0. The van der Waals surface area contributed by atoms with E-state index >= 15 is 0 Å². The first kappa shape index (κ1) is 84.6. The Hall–Kier alpha value is -15.6. The van der Waals surface area contributed by atoms with E-state index in [0.29, 0.717) is 68.6 Å². The Morgan fingerprint density at radius 3 is 0.868 bits per heavy atom. The lowest BCUT2D eigenvalue weighted by Gasteiger charge is -2.11. The first-order valence-electron chi connectivity index (χ1n) is 49.0. The van der Waals surface area contributed by atoms with Crippen molar-refractivity contribution in [2.75, 3.05) is 0 Å². The Kier molecular flexibility index (Phi) is 22.9. The molecule has 0 bridgehead atoms. The summed E-state index contributed by atoms with van der Waals surface area (Å²) in [6, 6.07) is 53.6. The second kappa shape index (κ2) is 36.8. The lowest BCUT2D eigenvalue weighted by molar-refractivity contribution is -0.666. The second-order valence-corrected chi connectivity index (χ2v) is 37.2. The molecule has 0 unspecified atom stereocenters. The van der Waals surface area contributed by atoms with E-state index in [1.165, 1.54) is 16.8 Å². The molecule has 676 valence electrons. The van der Waals surface area contributed by atoms with Crippen LogP contribution in [0.3, 0.4) is 0 Å². The molecule has 136 heavy (non-hydrogen) atoms. The third kappa shape index (κ3) is 16.8. The Bertz CT molecular complexity index is 9090. The van der Waals surface area contributed by atoms with Crippen molar-refractivity contribution in [1.82, 2.24) is 0 Å². The molecule has 0 radical (unpaired) electrons. The van der Waals surface area contributed by atoms with Gasteiger partial charge in [0.25, 0.3) is 0 Å². The van der Waals surface area contributed by atoms with Gasteiger partial charge in [-0.1, -0.05) is 102 Å². The van der Waals surface area contributed by atoms with Gasteiger partial charge in [0.2, 0.25) is 28.5 Å². The molecule has 0 N–H and O–H groups in total. The summed E-state index contributed by atoms with van der Waals surface area (Å²) < 4.78 is 102. The van der Waals surface area contributed by atoms with Crippen molar-refractivity contribution < 1.29 is 54.5 Å². The number of nitrogens with zero attached hydrogens (tertiary/aromatic N) is 10. The second-order valence-electron chi connectivity index (χ2n) is 37.2. The van der Waals surface area contributed by atoms with Crippen molar-refractivity contribution in [2.24, 2.45) is 35.2 Å². The summed E-state index contributed by atoms with van der Waals surface area (Å²) in [4.78, 5) is 18.1. The molecule has 0 fully saturated rings. The minimum Gasteiger partial charge on any atom is -0.455 e. The van der Waals surface area contributed by atoms with Crippen LogP contribution >= 0.6 is 0 Å². The number of pyridine rings is 5. The smallest absolute Gasteiger partial charge is 0.216 e. The lowest BCUT2D eigenvalue weighted by atomic mass is 9.96. The largest absolute Gasteiger partial charge is 0.455 e. The highest BCUT2D eigenvalue weighted by atomic mass is 16.3. The van der Waals surface area contributed by atoms with Crippen molar-refractivity contribution in [3.63, 3.8) is 0 Å². The van der Waals surface area contributed by atoms with Crippen LogP contribution in [-0.4, -0.2) is 0 Å². The van der Waals surface area contributed by atoms with Gasteiger partial charge in [0.05, 0.1) is 66.2 Å². The molecule has 20 rings (SSSR count). The van der Waals surface area contributed by atoms with Gasteiger partial charge in [-0.25, -0.2) is 24.2 Å². The van der Waals surface area contributed by atoms with Crippen LogP contribution in [0.4, 0.5) is 28.4 Å². The van der Waals surface area contributed by atoms with Crippen LogP contribution in [0.5, 0.6) is 0 Å². The summed E-state index contributed by atoms with van der Waals surface area (Å²) in [5, 5.41) is 9.65. The molecule has 0 saturated carbocycles. The zero-order valence-corrected chi connectivity index (χ0v) is 83.0. The summed E-state index contributed by atoms with van der Waals surface area (Å²) in [7, 11) is 9.93. The maximum absolute atomic E-state index is 8.99. The van der Waals surface area contributed by atoms with Gasteiger partial charge in [-0.2, -0.15) is 22.8 Å². The van der Waals surface area contributed by atoms with Gasteiger partial charge >= 0.3 is 0 Å². The number of rotatable bonds is 8. The van der Waals surface area contributed by atoms with Crippen molar-refractivity contribution in [3.8, 4) is 56.3 Å². The fourth-order valence-electron chi connectivity index (χ4n) is 18.7. The Balaban J connectivity index is 0.000000128. The summed E-state index contributed by atoms with van der Waals surface area (Å²) >= 11 is 0. The molecule has 0 amide bonds. The van der Waals surface area contributed by atoms with Gasteiger partial charge in [0, 0.05) is 153 Å². The van der Waals surface area contributed by atoms with Crippen LogP contribution in [0, 0.1) is 151 Å². The molecule has 15 nitrogen and oxygen atoms in total. The average Bonchev–Trinajstić information content (AvgIpc) is 1.62. The predicted molar refractivity (Wildman–Crippen MR) is 556 cm³/mol. The van der Waals surface area contributed by atoms with E-state index in [4.69, 9.17) is 64.5 Å². The molecule has 10 aromatic heterocycles. The molecule has 0 spiro atoms. The van der Waals surface area contributed by atoms with Crippen LogP contribution in [0.25, 0.3) is 190 Å². The number of furan rings is 5. The number of fused-ring (bicyclic) bond motifs is 15. The average molecular weight is 1800 g/mol. The Labute approximate surface area is 807 Å². The van der Waals surface area contributed by atoms with E-state index in [1.54, 1.807) is 13.8 Å². The number of aromatic nitrogens is 5. The van der Waals surface area contributed by atoms with Crippen LogP contribution in [0.2, 0.25) is 0 Å². The van der Waals surface area contributed by atoms with Gasteiger partial charge in [0.1, 0.15) is 91.1 Å². The highest BCUT2D eigenvalue weighted by Gasteiger charge is 2.31. The minimum absolute atomic E-state index is 0.174. The summed E-state index contributed by atoms with van der Waals surface area (Å²) in [6.45, 7) is 82.1. The zero-order valence-electron chi connectivity index (χ0n) is 90.0. The molecule has 0 saturated heterocycles. The zero-order chi connectivity index (χ0) is 104. The molecule has 0 aliphatic heterocycles. The van der Waals surface area contributed by atoms with Crippen molar-refractivity contribution in [1.29, 1.82) is 0 Å². The standard InChI is InChI=1S/3C25H25N2O.2C23H21N2O/c2*1-14(2)18-11-17(5)27(7)22(12-18)23-15(3)8-9-20-21-13-19(26-6)10-16(4)24(21)28-25(20)23;1-14(2)18-11-17(5)27(7)22(12-18)24-15(3)8-9-19-20-13-21(26-6)16(4)10-23(20)28-25(19)24;2*1-13-9-16(4)25(6)20(10-13)22-14(2)7-8-17-18-12-19(24-5)15(3)11-21(18)26-23(17)22/h3*8-14H,1-5,7H3;2*7-12H,1-4,6H3/q5*+1/i11D,12D,14D;2*14D;9D,10D;. The fraction of sp³-hybridized carbons (Fsp3) is 0.256. The third-order valence-corrected chi connectivity index (χ3v) is 26.9. The van der Waals surface area contributed by atoms with Crippen molar-refractivity contribution >= 4 is 138 Å². The number of hydrogen-bond acceptors (Lipinski definition) is 5. The summed E-state index contributed by atoms with van der Waals surface area (Å²) in [5.41, 5.74) is 39.6. The van der Waals surface area contributed by atoms with E-state index in [-0.39, 0.29) is 12.1 Å². The molecule has 0 aliphatic rings. The lowest BCUT2D eigenvalue weighted by Crippen LogP contribution is -2.35. The van der Waals surface area contributed by atoms with Crippen LogP contribution in [0.15, 0.2) is 204 Å². The van der Waals surface area contributed by atoms with E-state index in [1.807, 2.05) is 212 Å². The molecule has 0 atom stereocenters. The van der Waals surface area contributed by atoms with Crippen LogP contribution in [0.1, 0.15) is 181 Å². The first-order valence-corrected chi connectivity index (χ1v) is 45.5. The van der Waals surface area contributed by atoms with E-state index in [0.717, 1.165) is 233 Å². The maximum Gasteiger partial charge on any atom is 0.216 e. The molecular weight excluding hydrogens is 1670 g/mol. The topological polar surface area (TPSA) is 107 Å². The molecule has 0 aliphatic carbocycles. The third-order valence-electron chi connectivity index (χ3n) is 26.9. The molecular formula is C121H117N10O5+5. The fourth-order valence-corrected chi connectivity index (χ4v) is 18.7. The van der Waals surface area contributed by atoms with Crippen molar-refractivity contribution in [3.05, 3.63) is 351 Å². The predicted octanol–water partition coefficient (Wildman–Crippen LogP) is 31.8. The van der Waals surface area contributed by atoms with Crippen molar-refractivity contribution in [2.45, 2.75) is 177 Å². The van der Waals surface area contributed by atoms with Gasteiger partial charge < -0.3 is 22.1 Å². The van der Waals surface area contributed by atoms with E-state index < -0.39 is 17.7 Å².